The molecule has 12 nitrogen and oxygen atoms in total. The van der Waals surface area contributed by atoms with Crippen LogP contribution in [0.5, 0.6) is 17.2 Å². The Morgan fingerprint density at radius 1 is 0.244 bits per heavy atom. The molecule has 420 valence electrons. The molecule has 0 N–H and O–H groups in total. The van der Waals surface area contributed by atoms with Gasteiger partial charge in [-0.1, -0.05) is 194 Å². The van der Waals surface area contributed by atoms with Crippen LogP contribution in [-0.4, -0.2) is 50.4 Å². The summed E-state index contributed by atoms with van der Waals surface area (Å²) in [6, 6.07) is 29.1. The van der Waals surface area contributed by atoms with Crippen molar-refractivity contribution >= 4 is 0 Å². The number of hydrogen-bond acceptors (Lipinski definition) is 12. The van der Waals surface area contributed by atoms with E-state index in [1.54, 1.807) is 0 Å². The molecule has 0 aliphatic carbocycles. The molecule has 0 saturated carbocycles. The van der Waals surface area contributed by atoms with Gasteiger partial charge in [0.2, 0.25) is 35.3 Å². The zero-order valence-electron chi connectivity index (χ0n) is 47.6. The van der Waals surface area contributed by atoms with Gasteiger partial charge in [0.05, 0.1) is 19.8 Å². The fourth-order valence-corrected chi connectivity index (χ4v) is 9.79. The van der Waals surface area contributed by atoms with E-state index < -0.39 is 0 Å². The highest BCUT2D eigenvalue weighted by molar-refractivity contribution is 5.74. The smallest absolute Gasteiger partial charge is 0.248 e. The maximum Gasteiger partial charge on any atom is 0.248 e. The van der Waals surface area contributed by atoms with Crippen molar-refractivity contribution in [1.29, 1.82) is 0 Å². The predicted octanol–water partition coefficient (Wildman–Crippen LogP) is 19.7. The lowest BCUT2D eigenvalue weighted by atomic mass is 10.1. The fraction of sp³-hybridized carbons (Fsp3) is 0.545. The van der Waals surface area contributed by atoms with Crippen molar-refractivity contribution < 1.29 is 27.5 Å². The van der Waals surface area contributed by atoms with Crippen LogP contribution in [0.15, 0.2) is 104 Å². The Hall–Kier alpha value is -6.30. The van der Waals surface area contributed by atoms with E-state index in [1.807, 2.05) is 91.0 Å². The molecule has 0 fully saturated rings. The minimum atomic E-state index is 0.302. The van der Waals surface area contributed by atoms with E-state index in [1.165, 1.54) is 173 Å². The second-order valence-corrected chi connectivity index (χ2v) is 21.2. The Balaban J connectivity index is 0.973. The molecule has 3 aromatic heterocycles. The van der Waals surface area contributed by atoms with Crippen molar-refractivity contribution in [3.8, 4) is 86.0 Å². The Kier molecular flexibility index (Phi) is 26.8. The Morgan fingerprint density at radius 2 is 0.436 bits per heavy atom. The number of benzene rings is 4. The SMILES string of the molecule is CCCCCCCCCCCCOc1ccc(-c2nnc(-c3cc(-c4nnc(-c5ccc(OCCCCCCCCCCCC)cc5)o4)cc(-c4nnc(-c5ccc(OCCCCCCCCCCCC)cc5)o4)c3)o2)cc1. The maximum absolute atomic E-state index is 6.35. The summed E-state index contributed by atoms with van der Waals surface area (Å²) in [7, 11) is 0. The average molecular weight is 1060 g/mol. The molecule has 0 spiro atoms. The van der Waals surface area contributed by atoms with Crippen LogP contribution in [0.1, 0.15) is 213 Å². The summed E-state index contributed by atoms with van der Waals surface area (Å²) in [6.07, 6.45) is 38.7. The van der Waals surface area contributed by atoms with E-state index in [-0.39, 0.29) is 0 Å². The van der Waals surface area contributed by atoms with Crippen LogP contribution in [0.25, 0.3) is 68.7 Å². The van der Waals surface area contributed by atoms with Gasteiger partial charge >= 0.3 is 0 Å². The Bertz CT molecular complexity index is 2360. The van der Waals surface area contributed by atoms with Crippen molar-refractivity contribution in [2.75, 3.05) is 19.8 Å². The van der Waals surface area contributed by atoms with Gasteiger partial charge in [0.15, 0.2) is 0 Å². The highest BCUT2D eigenvalue weighted by Gasteiger charge is 2.20. The van der Waals surface area contributed by atoms with Gasteiger partial charge in [0, 0.05) is 33.4 Å². The van der Waals surface area contributed by atoms with Crippen molar-refractivity contribution in [2.24, 2.45) is 0 Å². The second kappa shape index (κ2) is 35.3. The molecule has 0 unspecified atom stereocenters. The number of aromatic nitrogens is 6. The summed E-state index contributed by atoms with van der Waals surface area (Å²) in [5, 5.41) is 26.8. The molecule has 0 atom stereocenters. The topological polar surface area (TPSA) is 144 Å². The predicted molar refractivity (Wildman–Crippen MR) is 315 cm³/mol. The quantitative estimate of drug-likeness (QED) is 0.0336. The van der Waals surface area contributed by atoms with E-state index in [2.05, 4.69) is 51.4 Å². The molecular weight excluding hydrogens is 973 g/mol. The first-order valence-corrected chi connectivity index (χ1v) is 30.5. The molecule has 0 bridgehead atoms. The van der Waals surface area contributed by atoms with Crippen molar-refractivity contribution in [2.45, 2.75) is 213 Å². The summed E-state index contributed by atoms with van der Waals surface area (Å²) in [5.74, 6) is 4.49. The van der Waals surface area contributed by atoms with Crippen molar-refractivity contribution in [3.05, 3.63) is 91.0 Å². The summed E-state index contributed by atoms with van der Waals surface area (Å²) < 4.78 is 37.3. The molecule has 7 aromatic rings. The summed E-state index contributed by atoms with van der Waals surface area (Å²) in [6.45, 7) is 8.90. The van der Waals surface area contributed by atoms with Crippen LogP contribution < -0.4 is 14.2 Å². The molecule has 0 aliphatic rings. The Labute approximate surface area is 466 Å². The largest absolute Gasteiger partial charge is 0.494 e. The van der Waals surface area contributed by atoms with Crippen LogP contribution in [0, 0.1) is 0 Å². The zero-order valence-corrected chi connectivity index (χ0v) is 47.6. The molecule has 0 radical (unpaired) electrons. The normalized spacial score (nSPS) is 11.4. The minimum Gasteiger partial charge on any atom is -0.494 e. The Morgan fingerprint density at radius 3 is 0.654 bits per heavy atom. The summed E-state index contributed by atoms with van der Waals surface area (Å²) in [5.41, 5.74) is 4.19. The minimum absolute atomic E-state index is 0.302. The summed E-state index contributed by atoms with van der Waals surface area (Å²) in [4.78, 5) is 0. The number of rotatable bonds is 42. The third kappa shape index (κ3) is 20.8. The molecule has 4 aromatic carbocycles. The van der Waals surface area contributed by atoms with Crippen molar-refractivity contribution in [1.82, 2.24) is 30.6 Å². The van der Waals surface area contributed by atoms with Crippen LogP contribution in [-0.2, 0) is 0 Å². The van der Waals surface area contributed by atoms with E-state index in [0.29, 0.717) is 71.9 Å². The molecule has 7 rings (SSSR count). The number of unbranched alkanes of at least 4 members (excludes halogenated alkanes) is 27. The highest BCUT2D eigenvalue weighted by Crippen LogP contribution is 2.36. The number of hydrogen-bond donors (Lipinski definition) is 0. The van der Waals surface area contributed by atoms with Crippen LogP contribution in [0.4, 0.5) is 0 Å². The van der Waals surface area contributed by atoms with Gasteiger partial charge in [0.25, 0.3) is 0 Å². The first kappa shape index (κ1) is 59.4. The van der Waals surface area contributed by atoms with E-state index >= 15 is 0 Å². The molecule has 3 heterocycles. The molecule has 12 heteroatoms. The lowest BCUT2D eigenvalue weighted by molar-refractivity contribution is 0.304. The third-order valence-electron chi connectivity index (χ3n) is 14.6. The van der Waals surface area contributed by atoms with E-state index in [0.717, 1.165) is 53.2 Å². The average Bonchev–Trinajstić information content (AvgIpc) is 4.37. The van der Waals surface area contributed by atoms with Crippen LogP contribution >= 0.6 is 0 Å². The van der Waals surface area contributed by atoms with Gasteiger partial charge in [-0.05, 0) is 110 Å². The van der Waals surface area contributed by atoms with Gasteiger partial charge in [0.1, 0.15) is 17.2 Å². The maximum atomic E-state index is 6.35. The molecule has 0 amide bonds. The number of ether oxygens (including phenoxy) is 3. The second-order valence-electron chi connectivity index (χ2n) is 21.2. The lowest BCUT2D eigenvalue weighted by Crippen LogP contribution is -1.97. The van der Waals surface area contributed by atoms with Gasteiger partial charge in [-0.25, -0.2) is 0 Å². The van der Waals surface area contributed by atoms with Gasteiger partial charge in [-0.2, -0.15) is 0 Å². The third-order valence-corrected chi connectivity index (χ3v) is 14.6. The van der Waals surface area contributed by atoms with Crippen LogP contribution in [0.3, 0.4) is 0 Å². The first-order valence-electron chi connectivity index (χ1n) is 30.5. The first-order chi connectivity index (χ1) is 38.6. The summed E-state index contributed by atoms with van der Waals surface area (Å²) >= 11 is 0. The zero-order chi connectivity index (χ0) is 54.1. The lowest BCUT2D eigenvalue weighted by Gasteiger charge is -2.07. The molecular formula is C66H90N6O6. The van der Waals surface area contributed by atoms with Crippen LogP contribution in [0.2, 0.25) is 0 Å². The molecule has 0 saturated heterocycles. The van der Waals surface area contributed by atoms with E-state index in [9.17, 15) is 0 Å². The fourth-order valence-electron chi connectivity index (χ4n) is 9.79. The highest BCUT2D eigenvalue weighted by atomic mass is 16.5. The number of nitrogens with zero attached hydrogens (tertiary/aromatic N) is 6. The van der Waals surface area contributed by atoms with Crippen molar-refractivity contribution in [3.63, 3.8) is 0 Å². The van der Waals surface area contributed by atoms with Gasteiger partial charge < -0.3 is 27.5 Å². The molecule has 0 aliphatic heterocycles. The van der Waals surface area contributed by atoms with Gasteiger partial charge in [-0.15, -0.1) is 30.6 Å². The van der Waals surface area contributed by atoms with Gasteiger partial charge in [-0.3, -0.25) is 0 Å². The standard InChI is InChI=1S/C66H90N6O6/c1-4-7-10-13-16-19-22-25-28-31-46-73-58-40-34-52(35-41-58)61-67-70-64(76-61)55-49-56(65-71-68-62(77-65)53-36-42-59(43-37-53)74-47-32-29-26-23-20-17-14-11-8-5-2)51-57(50-55)66-72-69-63(78-66)54-38-44-60(45-39-54)75-48-33-30-27-24-21-18-15-12-9-6-3/h34-45,49-51H,4-33,46-48H2,1-3H3. The monoisotopic (exact) mass is 1060 g/mol. The molecule has 78 heavy (non-hydrogen) atoms. The van der Waals surface area contributed by atoms with E-state index in [4.69, 9.17) is 27.5 Å².